The van der Waals surface area contributed by atoms with E-state index in [4.69, 9.17) is 14.7 Å². The predicted octanol–water partition coefficient (Wildman–Crippen LogP) is 12.4. The third-order valence-electron chi connectivity index (χ3n) is 10.9. The Morgan fingerprint density at radius 1 is 0.415 bits per heavy atom. The summed E-state index contributed by atoms with van der Waals surface area (Å²) in [4.78, 5) is 10.7. The molecule has 0 spiro atoms. The highest BCUT2D eigenvalue weighted by Crippen LogP contribution is 2.48. The number of benzene rings is 8. The lowest BCUT2D eigenvalue weighted by atomic mass is 9.96. The number of aromatic nitrogens is 4. The van der Waals surface area contributed by atoms with Gasteiger partial charge < -0.3 is 9.30 Å². The summed E-state index contributed by atoms with van der Waals surface area (Å²) in [6.07, 6.45) is 0. The minimum Gasteiger partial charge on any atom is -0.456 e. The molecule has 0 aliphatic carbocycles. The fourth-order valence-electron chi connectivity index (χ4n) is 8.58. The van der Waals surface area contributed by atoms with E-state index in [0.717, 1.165) is 83.1 Å². The number of rotatable bonds is 3. The highest BCUT2D eigenvalue weighted by molar-refractivity contribution is 6.13. The molecule has 5 nitrogen and oxygen atoms in total. The van der Waals surface area contributed by atoms with Gasteiger partial charge in [-0.05, 0) is 82.6 Å². The van der Waals surface area contributed by atoms with Crippen molar-refractivity contribution in [3.8, 4) is 45.5 Å². The summed E-state index contributed by atoms with van der Waals surface area (Å²) in [5, 5.41) is 7.97. The molecule has 0 fully saturated rings. The van der Waals surface area contributed by atoms with Gasteiger partial charge in [0.25, 0.3) is 0 Å². The zero-order valence-electron chi connectivity index (χ0n) is 28.4. The molecular formula is C48H28N4O. The SMILES string of the molecule is c1ccc(-n2c3ccccc3c3cc(-c4ccc5c6ccccc6n(-c6nc7c8c(cccc8n6)Oc6ccc8ccccc8c6-7)c5c4)ccc32)cc1. The van der Waals surface area contributed by atoms with E-state index in [2.05, 4.69) is 167 Å². The molecule has 12 rings (SSSR count). The second kappa shape index (κ2) is 10.6. The van der Waals surface area contributed by atoms with Crippen LogP contribution < -0.4 is 4.74 Å². The maximum absolute atomic E-state index is 6.49. The Hall–Kier alpha value is -7.24. The Bertz CT molecular complexity index is 3320. The van der Waals surface area contributed by atoms with Crippen LogP contribution >= 0.6 is 0 Å². The minimum atomic E-state index is 0.634. The van der Waals surface area contributed by atoms with Crippen molar-refractivity contribution in [2.24, 2.45) is 0 Å². The zero-order valence-corrected chi connectivity index (χ0v) is 28.4. The van der Waals surface area contributed by atoms with E-state index in [1.807, 2.05) is 12.1 Å². The molecule has 8 aromatic carbocycles. The van der Waals surface area contributed by atoms with Gasteiger partial charge in [-0.25, -0.2) is 9.97 Å². The summed E-state index contributed by atoms with van der Waals surface area (Å²) in [6, 6.07) is 60.2. The van der Waals surface area contributed by atoms with Crippen molar-refractivity contribution in [2.75, 3.05) is 0 Å². The topological polar surface area (TPSA) is 44.9 Å². The Morgan fingerprint density at radius 2 is 1.09 bits per heavy atom. The first-order valence-electron chi connectivity index (χ1n) is 17.9. The van der Waals surface area contributed by atoms with Gasteiger partial charge >= 0.3 is 0 Å². The van der Waals surface area contributed by atoms with E-state index in [0.29, 0.717) is 5.95 Å². The first-order chi connectivity index (χ1) is 26.3. The molecule has 0 bridgehead atoms. The molecule has 3 aromatic heterocycles. The van der Waals surface area contributed by atoms with Gasteiger partial charge in [-0.15, -0.1) is 0 Å². The van der Waals surface area contributed by atoms with Crippen LogP contribution in [0.5, 0.6) is 11.5 Å². The second-order valence-corrected chi connectivity index (χ2v) is 13.8. The van der Waals surface area contributed by atoms with Gasteiger partial charge in [0, 0.05) is 27.2 Å². The van der Waals surface area contributed by atoms with Crippen molar-refractivity contribution in [1.29, 1.82) is 0 Å². The summed E-state index contributed by atoms with van der Waals surface area (Å²) in [5.74, 6) is 2.22. The van der Waals surface area contributed by atoms with Crippen LogP contribution in [0.25, 0.3) is 99.3 Å². The first kappa shape index (κ1) is 28.5. The van der Waals surface area contributed by atoms with Gasteiger partial charge in [-0.2, -0.15) is 0 Å². The molecule has 11 aromatic rings. The summed E-state index contributed by atoms with van der Waals surface area (Å²) in [5.41, 5.74) is 10.7. The molecule has 0 saturated heterocycles. The Balaban J connectivity index is 1.11. The largest absolute Gasteiger partial charge is 0.456 e. The van der Waals surface area contributed by atoms with E-state index in [9.17, 15) is 0 Å². The quantitative estimate of drug-likeness (QED) is 0.187. The molecule has 246 valence electrons. The number of hydrogen-bond donors (Lipinski definition) is 0. The van der Waals surface area contributed by atoms with Gasteiger partial charge in [0.1, 0.15) is 11.5 Å². The zero-order chi connectivity index (χ0) is 34.6. The van der Waals surface area contributed by atoms with Gasteiger partial charge in [-0.1, -0.05) is 109 Å². The van der Waals surface area contributed by atoms with Gasteiger partial charge in [0.2, 0.25) is 5.95 Å². The number of ether oxygens (including phenoxy) is 1. The van der Waals surface area contributed by atoms with Crippen molar-refractivity contribution in [2.45, 2.75) is 0 Å². The summed E-state index contributed by atoms with van der Waals surface area (Å²) < 4.78 is 11.1. The van der Waals surface area contributed by atoms with Crippen LogP contribution in [0.1, 0.15) is 0 Å². The third kappa shape index (κ3) is 4.02. The van der Waals surface area contributed by atoms with E-state index < -0.39 is 0 Å². The Morgan fingerprint density at radius 3 is 1.96 bits per heavy atom. The van der Waals surface area contributed by atoms with Crippen LogP contribution in [0.4, 0.5) is 0 Å². The summed E-state index contributed by atoms with van der Waals surface area (Å²) in [7, 11) is 0. The Kier molecular flexibility index (Phi) is 5.71. The molecule has 1 aliphatic rings. The lowest BCUT2D eigenvalue weighted by Gasteiger charge is -2.22. The standard InChI is InChI=1S/C48H28N4O/c1-2-12-32(13-3-1)51-39-18-8-7-16-35(39)37-27-30(22-25-41(37)51)31-21-24-36-34-15-6-9-19-40(34)52(42(36)28-31)48-49-38-17-10-20-43-46(38)47(50-48)45-33-14-5-4-11-29(33)23-26-44(45)53-43/h1-28H. The van der Waals surface area contributed by atoms with Crippen LogP contribution in [0.15, 0.2) is 170 Å². The molecule has 0 amide bonds. The van der Waals surface area contributed by atoms with E-state index in [-0.39, 0.29) is 0 Å². The van der Waals surface area contributed by atoms with Crippen LogP contribution in [0.3, 0.4) is 0 Å². The highest BCUT2D eigenvalue weighted by atomic mass is 16.5. The normalized spacial score (nSPS) is 12.3. The first-order valence-corrected chi connectivity index (χ1v) is 17.9. The van der Waals surface area contributed by atoms with Crippen molar-refractivity contribution in [3.63, 3.8) is 0 Å². The Labute approximate surface area is 303 Å². The fourth-order valence-corrected chi connectivity index (χ4v) is 8.58. The van der Waals surface area contributed by atoms with Crippen molar-refractivity contribution < 1.29 is 4.74 Å². The molecule has 0 radical (unpaired) electrons. The van der Waals surface area contributed by atoms with Gasteiger partial charge in [0.05, 0.1) is 44.2 Å². The molecule has 0 N–H and O–H groups in total. The predicted molar refractivity (Wildman–Crippen MR) is 217 cm³/mol. The van der Waals surface area contributed by atoms with E-state index >= 15 is 0 Å². The molecule has 0 saturated carbocycles. The average molecular weight is 677 g/mol. The van der Waals surface area contributed by atoms with Crippen molar-refractivity contribution >= 4 is 65.3 Å². The van der Waals surface area contributed by atoms with Crippen LogP contribution in [0.2, 0.25) is 0 Å². The molecule has 1 aliphatic heterocycles. The van der Waals surface area contributed by atoms with E-state index in [1.165, 1.54) is 21.8 Å². The van der Waals surface area contributed by atoms with Crippen molar-refractivity contribution in [3.05, 3.63) is 170 Å². The minimum absolute atomic E-state index is 0.634. The molecule has 4 heterocycles. The summed E-state index contributed by atoms with van der Waals surface area (Å²) >= 11 is 0. The number of nitrogens with zero attached hydrogens (tertiary/aromatic N) is 4. The van der Waals surface area contributed by atoms with Crippen molar-refractivity contribution in [1.82, 2.24) is 19.1 Å². The lowest BCUT2D eigenvalue weighted by molar-refractivity contribution is 0.487. The number of para-hydroxylation sites is 3. The third-order valence-corrected chi connectivity index (χ3v) is 10.9. The second-order valence-electron chi connectivity index (χ2n) is 13.8. The van der Waals surface area contributed by atoms with Crippen LogP contribution in [-0.2, 0) is 0 Å². The van der Waals surface area contributed by atoms with E-state index in [1.54, 1.807) is 0 Å². The number of hydrogen-bond acceptors (Lipinski definition) is 3. The van der Waals surface area contributed by atoms with Crippen LogP contribution in [-0.4, -0.2) is 19.1 Å². The monoisotopic (exact) mass is 676 g/mol. The fraction of sp³-hybridized carbons (Fsp3) is 0. The number of fused-ring (bicyclic) bond motifs is 10. The highest BCUT2D eigenvalue weighted by Gasteiger charge is 2.26. The molecule has 5 heteroatoms. The lowest BCUT2D eigenvalue weighted by Crippen LogP contribution is -2.07. The van der Waals surface area contributed by atoms with Gasteiger partial charge in [0.15, 0.2) is 0 Å². The maximum Gasteiger partial charge on any atom is 0.235 e. The van der Waals surface area contributed by atoms with Crippen LogP contribution in [0, 0.1) is 0 Å². The van der Waals surface area contributed by atoms with Gasteiger partial charge in [-0.3, -0.25) is 4.57 Å². The molecular weight excluding hydrogens is 649 g/mol. The average Bonchev–Trinajstić information content (AvgIpc) is 3.73. The smallest absolute Gasteiger partial charge is 0.235 e. The molecule has 0 unspecified atom stereocenters. The maximum atomic E-state index is 6.49. The molecule has 0 atom stereocenters. The molecule has 53 heavy (non-hydrogen) atoms. The summed E-state index contributed by atoms with van der Waals surface area (Å²) in [6.45, 7) is 0.